The molecule has 1 aromatic carbocycles. The highest BCUT2D eigenvalue weighted by Crippen LogP contribution is 2.31. The van der Waals surface area contributed by atoms with Crippen LogP contribution in [-0.4, -0.2) is 53.7 Å². The van der Waals surface area contributed by atoms with Gasteiger partial charge in [-0.15, -0.1) is 0 Å². The fourth-order valence-corrected chi connectivity index (χ4v) is 3.51. The lowest BCUT2D eigenvalue weighted by Crippen LogP contribution is -2.49. The van der Waals surface area contributed by atoms with E-state index in [1.165, 1.54) is 0 Å². The maximum Gasteiger partial charge on any atom is 0.409 e. The van der Waals surface area contributed by atoms with Crippen molar-refractivity contribution in [2.45, 2.75) is 6.92 Å². The van der Waals surface area contributed by atoms with Crippen molar-refractivity contribution in [3.63, 3.8) is 0 Å². The first kappa shape index (κ1) is 17.9. The second-order valence-electron chi connectivity index (χ2n) is 6.64. The Morgan fingerprint density at radius 2 is 1.96 bits per heavy atom. The van der Waals surface area contributed by atoms with Crippen molar-refractivity contribution in [2.24, 2.45) is 0 Å². The number of aromatic nitrogens is 2. The fourth-order valence-electron chi connectivity index (χ4n) is 3.51. The number of anilines is 1. The summed E-state index contributed by atoms with van der Waals surface area (Å²) >= 11 is 0. The van der Waals surface area contributed by atoms with Crippen LogP contribution in [-0.2, 0) is 4.74 Å². The summed E-state index contributed by atoms with van der Waals surface area (Å²) in [4.78, 5) is 23.8. The van der Waals surface area contributed by atoms with Gasteiger partial charge in [-0.2, -0.15) is 5.26 Å². The summed E-state index contributed by atoms with van der Waals surface area (Å²) in [6.45, 7) is 4.97. The Morgan fingerprint density at radius 1 is 1.21 bits per heavy atom. The largest absolute Gasteiger partial charge is 0.450 e. The van der Waals surface area contributed by atoms with Gasteiger partial charge in [-0.1, -0.05) is 12.1 Å². The van der Waals surface area contributed by atoms with Gasteiger partial charge < -0.3 is 19.5 Å². The number of carbonyl (C=O) groups is 1. The van der Waals surface area contributed by atoms with E-state index in [9.17, 15) is 4.79 Å². The molecule has 1 aliphatic rings. The number of benzene rings is 1. The molecule has 1 saturated heterocycles. The maximum atomic E-state index is 11.9. The number of ether oxygens (including phenoxy) is 1. The van der Waals surface area contributed by atoms with Gasteiger partial charge >= 0.3 is 6.09 Å². The Kier molecular flexibility index (Phi) is 4.85. The molecule has 7 heteroatoms. The second-order valence-corrected chi connectivity index (χ2v) is 6.64. The molecule has 1 N–H and O–H groups in total. The number of pyridine rings is 1. The van der Waals surface area contributed by atoms with Crippen molar-refractivity contribution in [1.29, 1.82) is 5.26 Å². The maximum absolute atomic E-state index is 11.9. The standard InChI is InChI=1S/C21H21N5O2/c1-2-28-21(27)26-11-9-25(10-12-26)19-7-8-23-20-17(19)13-18(24-20)16-5-3-15(14-22)4-6-16/h3-8,13H,2,9-12H2,1H3,(H,23,24). The molecular formula is C21H21N5O2. The zero-order valence-electron chi connectivity index (χ0n) is 15.7. The van der Waals surface area contributed by atoms with Gasteiger partial charge in [0.15, 0.2) is 0 Å². The van der Waals surface area contributed by atoms with E-state index in [1.807, 2.05) is 37.3 Å². The van der Waals surface area contributed by atoms with Crippen LogP contribution in [0.25, 0.3) is 22.3 Å². The van der Waals surface area contributed by atoms with Crippen LogP contribution < -0.4 is 4.90 Å². The quantitative estimate of drug-likeness (QED) is 0.758. The van der Waals surface area contributed by atoms with Crippen molar-refractivity contribution in [2.75, 3.05) is 37.7 Å². The molecule has 0 radical (unpaired) electrons. The smallest absolute Gasteiger partial charge is 0.409 e. The zero-order chi connectivity index (χ0) is 19.5. The molecule has 2 aromatic heterocycles. The first-order valence-electron chi connectivity index (χ1n) is 9.34. The minimum atomic E-state index is -0.244. The van der Waals surface area contributed by atoms with Crippen LogP contribution in [0.15, 0.2) is 42.6 Å². The zero-order valence-corrected chi connectivity index (χ0v) is 15.7. The highest BCUT2D eigenvalue weighted by atomic mass is 16.6. The third-order valence-corrected chi connectivity index (χ3v) is 4.98. The molecule has 4 rings (SSSR count). The number of piperazine rings is 1. The number of fused-ring (bicyclic) bond motifs is 1. The Bertz CT molecular complexity index is 1030. The Labute approximate surface area is 163 Å². The number of nitrogens with one attached hydrogen (secondary N) is 1. The summed E-state index contributed by atoms with van der Waals surface area (Å²) in [5.74, 6) is 0. The lowest BCUT2D eigenvalue weighted by Gasteiger charge is -2.35. The molecule has 1 fully saturated rings. The van der Waals surface area contributed by atoms with Crippen LogP contribution >= 0.6 is 0 Å². The molecule has 3 heterocycles. The van der Waals surface area contributed by atoms with Crippen LogP contribution in [0.2, 0.25) is 0 Å². The lowest BCUT2D eigenvalue weighted by atomic mass is 10.1. The number of hydrogen-bond acceptors (Lipinski definition) is 5. The lowest BCUT2D eigenvalue weighted by molar-refractivity contribution is 0.105. The molecule has 0 spiro atoms. The van der Waals surface area contributed by atoms with E-state index < -0.39 is 0 Å². The van der Waals surface area contributed by atoms with Gasteiger partial charge in [0.25, 0.3) is 0 Å². The van der Waals surface area contributed by atoms with Crippen LogP contribution in [0.3, 0.4) is 0 Å². The number of hydrogen-bond donors (Lipinski definition) is 1. The molecule has 0 bridgehead atoms. The van der Waals surface area contributed by atoms with E-state index in [0.29, 0.717) is 25.3 Å². The molecule has 0 atom stereocenters. The molecule has 3 aromatic rings. The topological polar surface area (TPSA) is 85.2 Å². The van der Waals surface area contributed by atoms with Gasteiger partial charge in [-0.3, -0.25) is 0 Å². The molecule has 1 amide bonds. The van der Waals surface area contributed by atoms with Crippen molar-refractivity contribution >= 4 is 22.8 Å². The van der Waals surface area contributed by atoms with E-state index in [1.54, 1.807) is 11.1 Å². The first-order valence-corrected chi connectivity index (χ1v) is 9.34. The predicted octanol–water partition coefficient (Wildman–Crippen LogP) is 3.38. The molecule has 142 valence electrons. The minimum absolute atomic E-state index is 0.244. The van der Waals surface area contributed by atoms with E-state index in [-0.39, 0.29) is 6.09 Å². The molecule has 0 aliphatic carbocycles. The Morgan fingerprint density at radius 3 is 2.64 bits per heavy atom. The number of amides is 1. The minimum Gasteiger partial charge on any atom is -0.450 e. The normalized spacial score (nSPS) is 14.1. The summed E-state index contributed by atoms with van der Waals surface area (Å²) in [6, 6.07) is 13.7. The highest BCUT2D eigenvalue weighted by Gasteiger charge is 2.23. The summed E-state index contributed by atoms with van der Waals surface area (Å²) < 4.78 is 5.09. The third-order valence-electron chi connectivity index (χ3n) is 4.98. The number of aromatic amines is 1. The number of carbonyl (C=O) groups excluding carboxylic acids is 1. The van der Waals surface area contributed by atoms with Crippen molar-refractivity contribution in [3.05, 3.63) is 48.2 Å². The van der Waals surface area contributed by atoms with Gasteiger partial charge in [0.05, 0.1) is 18.2 Å². The number of nitriles is 1. The number of nitrogens with zero attached hydrogens (tertiary/aromatic N) is 4. The summed E-state index contributed by atoms with van der Waals surface area (Å²) in [7, 11) is 0. The highest BCUT2D eigenvalue weighted by molar-refractivity contribution is 5.94. The molecule has 0 unspecified atom stereocenters. The van der Waals surface area contributed by atoms with Crippen molar-refractivity contribution in [3.8, 4) is 17.3 Å². The number of H-pyrrole nitrogens is 1. The summed E-state index contributed by atoms with van der Waals surface area (Å²) in [5, 5.41) is 10.0. The van der Waals surface area contributed by atoms with E-state index >= 15 is 0 Å². The third kappa shape index (κ3) is 3.37. The van der Waals surface area contributed by atoms with Crippen molar-refractivity contribution in [1.82, 2.24) is 14.9 Å². The van der Waals surface area contributed by atoms with E-state index in [0.717, 1.165) is 41.1 Å². The van der Waals surface area contributed by atoms with Crippen LogP contribution in [0, 0.1) is 11.3 Å². The molecular weight excluding hydrogens is 354 g/mol. The summed E-state index contributed by atoms with van der Waals surface area (Å²) in [6.07, 6.45) is 1.56. The van der Waals surface area contributed by atoms with Crippen LogP contribution in [0.5, 0.6) is 0 Å². The van der Waals surface area contributed by atoms with Crippen LogP contribution in [0.1, 0.15) is 12.5 Å². The average Bonchev–Trinajstić information content (AvgIpc) is 3.18. The Hall–Kier alpha value is -3.53. The van der Waals surface area contributed by atoms with Gasteiger partial charge in [-0.25, -0.2) is 9.78 Å². The van der Waals surface area contributed by atoms with E-state index in [2.05, 4.69) is 27.0 Å². The van der Waals surface area contributed by atoms with Gasteiger partial charge in [-0.05, 0) is 36.8 Å². The monoisotopic (exact) mass is 375 g/mol. The van der Waals surface area contributed by atoms with Gasteiger partial charge in [0.2, 0.25) is 0 Å². The summed E-state index contributed by atoms with van der Waals surface area (Å²) in [5.41, 5.74) is 4.53. The molecule has 7 nitrogen and oxygen atoms in total. The SMILES string of the molecule is CCOC(=O)N1CCN(c2ccnc3[nH]c(-c4ccc(C#N)cc4)cc23)CC1. The fraction of sp³-hybridized carbons (Fsp3) is 0.286. The molecule has 0 saturated carbocycles. The molecule has 1 aliphatic heterocycles. The average molecular weight is 375 g/mol. The van der Waals surface area contributed by atoms with Gasteiger partial charge in [0.1, 0.15) is 5.65 Å². The van der Waals surface area contributed by atoms with Crippen LogP contribution in [0.4, 0.5) is 10.5 Å². The molecule has 28 heavy (non-hydrogen) atoms. The first-order chi connectivity index (χ1) is 13.7. The second kappa shape index (κ2) is 7.61. The predicted molar refractivity (Wildman–Crippen MR) is 107 cm³/mol. The van der Waals surface area contributed by atoms with E-state index in [4.69, 9.17) is 10.00 Å². The van der Waals surface area contributed by atoms with Gasteiger partial charge in [0, 0.05) is 49.1 Å². The van der Waals surface area contributed by atoms with Crippen molar-refractivity contribution < 1.29 is 9.53 Å². The Balaban J connectivity index is 1.58. The number of rotatable bonds is 3.